The summed E-state index contributed by atoms with van der Waals surface area (Å²) in [4.78, 5) is 11.6. The second kappa shape index (κ2) is 4.35. The Labute approximate surface area is 95.4 Å². The number of benzene rings is 1. The van der Waals surface area contributed by atoms with Gasteiger partial charge in [-0.3, -0.25) is 4.79 Å². The van der Waals surface area contributed by atoms with Crippen molar-refractivity contribution in [2.75, 3.05) is 12.8 Å². The molecule has 0 saturated carbocycles. The molecule has 5 heteroatoms. The monoisotopic (exact) mass is 241 g/mol. The lowest BCUT2D eigenvalue weighted by molar-refractivity contribution is 0.0998. The highest BCUT2D eigenvalue weighted by atomic mass is 32.2. The first-order valence-electron chi connectivity index (χ1n) is 4.82. The van der Waals surface area contributed by atoms with Crippen molar-refractivity contribution in [1.29, 1.82) is 0 Å². The van der Waals surface area contributed by atoms with Crippen molar-refractivity contribution in [3.8, 4) is 0 Å². The molecule has 0 atom stereocenters. The Morgan fingerprint density at radius 3 is 2.19 bits per heavy atom. The van der Waals surface area contributed by atoms with Gasteiger partial charge < -0.3 is 5.73 Å². The molecular formula is C11H15NO3S. The van der Waals surface area contributed by atoms with Gasteiger partial charge in [0.1, 0.15) is 0 Å². The molecule has 0 fully saturated rings. The molecule has 0 spiro atoms. The zero-order chi connectivity index (χ0) is 12.5. The molecule has 0 bridgehead atoms. The van der Waals surface area contributed by atoms with Crippen LogP contribution in [0, 0.1) is 13.8 Å². The van der Waals surface area contributed by atoms with E-state index in [1.54, 1.807) is 13.0 Å². The van der Waals surface area contributed by atoms with Gasteiger partial charge in [0.2, 0.25) is 0 Å². The molecule has 0 radical (unpaired) electrons. The number of carbonyl (C=O) groups excluding carboxylic acids is 1. The normalized spacial score (nSPS) is 11.5. The van der Waals surface area contributed by atoms with Crippen molar-refractivity contribution >= 4 is 15.6 Å². The lowest BCUT2D eigenvalue weighted by Crippen LogP contribution is -2.17. The summed E-state index contributed by atoms with van der Waals surface area (Å²) in [6.07, 6.45) is 1.09. The van der Waals surface area contributed by atoms with Crippen molar-refractivity contribution in [3.63, 3.8) is 0 Å². The van der Waals surface area contributed by atoms with E-state index in [9.17, 15) is 13.2 Å². The Bertz CT molecular complexity index is 532. The summed E-state index contributed by atoms with van der Waals surface area (Å²) in [6, 6.07) is 3.11. The molecule has 0 unspecified atom stereocenters. The van der Waals surface area contributed by atoms with Crippen molar-refractivity contribution < 1.29 is 13.2 Å². The summed E-state index contributed by atoms with van der Waals surface area (Å²) in [5.41, 5.74) is 7.17. The van der Waals surface area contributed by atoms with Crippen LogP contribution in [0.5, 0.6) is 0 Å². The molecule has 0 aliphatic carbocycles. The molecule has 1 rings (SSSR count). The molecule has 2 N–H and O–H groups in total. The number of rotatable bonds is 3. The molecule has 4 nitrogen and oxygen atoms in total. The fraction of sp³-hybridized carbons (Fsp3) is 0.364. The smallest absolute Gasteiger partial charge is 0.177 e. The van der Waals surface area contributed by atoms with Crippen LogP contribution in [-0.2, 0) is 9.84 Å². The molecule has 0 saturated heterocycles. The van der Waals surface area contributed by atoms with Crippen molar-refractivity contribution in [2.24, 2.45) is 5.73 Å². The maximum Gasteiger partial charge on any atom is 0.177 e. The zero-order valence-corrected chi connectivity index (χ0v) is 10.4. The Morgan fingerprint density at radius 2 is 1.75 bits per heavy atom. The van der Waals surface area contributed by atoms with E-state index in [0.29, 0.717) is 0 Å². The molecule has 0 aliphatic heterocycles. The highest BCUT2D eigenvalue weighted by Gasteiger charge is 2.18. The summed E-state index contributed by atoms with van der Waals surface area (Å²) in [5, 5.41) is 0. The number of nitrogens with two attached hydrogens (primary N) is 1. The molecule has 0 aromatic heterocycles. The van der Waals surface area contributed by atoms with Crippen LogP contribution < -0.4 is 5.73 Å². The Hall–Kier alpha value is -1.20. The Kier molecular flexibility index (Phi) is 3.50. The fourth-order valence-corrected chi connectivity index (χ4v) is 2.39. The standard InChI is InChI=1S/C11H15NO3S/c1-7-4-9(10(13)6-12)11(5-8(7)2)16(3,14)15/h4-5H,6,12H2,1-3H3. The van der Waals surface area contributed by atoms with Gasteiger partial charge in [0.05, 0.1) is 11.4 Å². The molecule has 16 heavy (non-hydrogen) atoms. The number of hydrogen-bond donors (Lipinski definition) is 1. The topological polar surface area (TPSA) is 77.2 Å². The second-order valence-corrected chi connectivity index (χ2v) is 5.82. The molecule has 1 aromatic carbocycles. The van der Waals surface area contributed by atoms with Gasteiger partial charge in [-0.1, -0.05) is 0 Å². The fourth-order valence-electron chi connectivity index (χ4n) is 1.42. The Morgan fingerprint density at radius 1 is 1.25 bits per heavy atom. The Balaban J connectivity index is 3.58. The third-order valence-corrected chi connectivity index (χ3v) is 3.62. The summed E-state index contributed by atoms with van der Waals surface area (Å²) in [5.74, 6) is -0.358. The highest BCUT2D eigenvalue weighted by Crippen LogP contribution is 2.21. The van der Waals surface area contributed by atoms with Crippen molar-refractivity contribution in [1.82, 2.24) is 0 Å². The summed E-state index contributed by atoms with van der Waals surface area (Å²) < 4.78 is 23.1. The van der Waals surface area contributed by atoms with Crippen LogP contribution >= 0.6 is 0 Å². The maximum absolute atomic E-state index is 11.6. The van der Waals surface area contributed by atoms with Gasteiger partial charge in [0, 0.05) is 11.8 Å². The quantitative estimate of drug-likeness (QED) is 0.796. The van der Waals surface area contributed by atoms with Crippen LogP contribution in [0.3, 0.4) is 0 Å². The minimum absolute atomic E-state index is 0.0612. The average Bonchev–Trinajstić information content (AvgIpc) is 2.18. The lowest BCUT2D eigenvalue weighted by atomic mass is 10.0. The van der Waals surface area contributed by atoms with E-state index >= 15 is 0 Å². The first kappa shape index (κ1) is 12.9. The largest absolute Gasteiger partial charge is 0.324 e. The number of carbonyl (C=O) groups is 1. The van der Waals surface area contributed by atoms with E-state index in [4.69, 9.17) is 5.73 Å². The molecule has 0 amide bonds. The molecule has 0 heterocycles. The molecule has 88 valence electrons. The van der Waals surface area contributed by atoms with Gasteiger partial charge in [-0.25, -0.2) is 8.42 Å². The van der Waals surface area contributed by atoms with Gasteiger partial charge in [-0.15, -0.1) is 0 Å². The SMILES string of the molecule is Cc1cc(C(=O)CN)c(S(C)(=O)=O)cc1C. The molecular weight excluding hydrogens is 226 g/mol. The van der Waals surface area contributed by atoms with Crippen LogP contribution in [0.4, 0.5) is 0 Å². The minimum Gasteiger partial charge on any atom is -0.324 e. The summed E-state index contributed by atoms with van der Waals surface area (Å²) in [7, 11) is -3.40. The zero-order valence-electron chi connectivity index (χ0n) is 9.57. The van der Waals surface area contributed by atoms with E-state index in [0.717, 1.165) is 17.4 Å². The number of aryl methyl sites for hydroxylation is 2. The third-order valence-electron chi connectivity index (χ3n) is 2.48. The van der Waals surface area contributed by atoms with E-state index in [2.05, 4.69) is 0 Å². The second-order valence-electron chi connectivity index (χ2n) is 3.83. The third kappa shape index (κ3) is 2.48. The predicted molar refractivity (Wildman–Crippen MR) is 62.4 cm³/mol. The highest BCUT2D eigenvalue weighted by molar-refractivity contribution is 7.90. The van der Waals surface area contributed by atoms with Gasteiger partial charge in [0.15, 0.2) is 15.6 Å². The minimum atomic E-state index is -3.40. The van der Waals surface area contributed by atoms with Crippen LogP contribution in [0.1, 0.15) is 21.5 Å². The number of Topliss-reactive ketones (excluding diaryl/α,β-unsaturated/α-hetero) is 1. The van der Waals surface area contributed by atoms with E-state index in [1.165, 1.54) is 6.07 Å². The lowest BCUT2D eigenvalue weighted by Gasteiger charge is -2.09. The van der Waals surface area contributed by atoms with Crippen LogP contribution in [0.25, 0.3) is 0 Å². The van der Waals surface area contributed by atoms with Gasteiger partial charge in [0.25, 0.3) is 0 Å². The van der Waals surface area contributed by atoms with E-state index in [1.807, 2.05) is 6.92 Å². The van der Waals surface area contributed by atoms with Crippen molar-refractivity contribution in [3.05, 3.63) is 28.8 Å². The van der Waals surface area contributed by atoms with Gasteiger partial charge >= 0.3 is 0 Å². The average molecular weight is 241 g/mol. The van der Waals surface area contributed by atoms with Gasteiger partial charge in [-0.2, -0.15) is 0 Å². The summed E-state index contributed by atoms with van der Waals surface area (Å²) in [6.45, 7) is 3.44. The number of hydrogen-bond acceptors (Lipinski definition) is 4. The van der Waals surface area contributed by atoms with E-state index in [-0.39, 0.29) is 22.8 Å². The first-order valence-corrected chi connectivity index (χ1v) is 6.71. The van der Waals surface area contributed by atoms with Gasteiger partial charge in [-0.05, 0) is 37.1 Å². The van der Waals surface area contributed by atoms with Crippen LogP contribution in [0.2, 0.25) is 0 Å². The summed E-state index contributed by atoms with van der Waals surface area (Å²) >= 11 is 0. The molecule has 0 aliphatic rings. The number of sulfone groups is 1. The first-order chi connectivity index (χ1) is 7.27. The maximum atomic E-state index is 11.6. The van der Waals surface area contributed by atoms with Crippen molar-refractivity contribution in [2.45, 2.75) is 18.7 Å². The predicted octanol–water partition coefficient (Wildman–Crippen LogP) is 0.848. The molecule has 1 aromatic rings. The van der Waals surface area contributed by atoms with Crippen LogP contribution in [-0.4, -0.2) is 27.0 Å². The van der Waals surface area contributed by atoms with Crippen LogP contribution in [0.15, 0.2) is 17.0 Å². The van der Waals surface area contributed by atoms with E-state index < -0.39 is 9.84 Å². The number of ketones is 1.